The monoisotopic (exact) mass is 328 g/mol. The van der Waals surface area contributed by atoms with Gasteiger partial charge in [-0.25, -0.2) is 14.8 Å². The van der Waals surface area contributed by atoms with Gasteiger partial charge in [0.1, 0.15) is 5.82 Å². The van der Waals surface area contributed by atoms with E-state index in [0.717, 1.165) is 18.9 Å². The van der Waals surface area contributed by atoms with Crippen LogP contribution < -0.4 is 15.5 Å². The Hall–Kier alpha value is -2.57. The third-order valence-electron chi connectivity index (χ3n) is 4.11. The van der Waals surface area contributed by atoms with Gasteiger partial charge in [0.05, 0.1) is 18.2 Å². The molecule has 0 radical (unpaired) electrons. The van der Waals surface area contributed by atoms with Crippen LogP contribution in [0, 0.1) is 0 Å². The standard InChI is InChI=1S/C17H24N6O/c1-14(12-22-10-7-18-13-22)20-17(24)21-15-5-6-16(19-11-15)23-8-3-2-4-9-23/h5-7,10-11,13-14H,2-4,8-9,12H2,1H3,(H2,20,21,24). The summed E-state index contributed by atoms with van der Waals surface area (Å²) in [6, 6.07) is 3.64. The Morgan fingerprint density at radius 2 is 2.12 bits per heavy atom. The van der Waals surface area contributed by atoms with Crippen molar-refractivity contribution >= 4 is 17.5 Å². The molecular weight excluding hydrogens is 304 g/mol. The lowest BCUT2D eigenvalue weighted by Gasteiger charge is -2.27. The van der Waals surface area contributed by atoms with Gasteiger partial charge >= 0.3 is 6.03 Å². The molecule has 3 rings (SSSR count). The maximum Gasteiger partial charge on any atom is 0.319 e. The minimum Gasteiger partial charge on any atom is -0.357 e. The van der Waals surface area contributed by atoms with Gasteiger partial charge in [-0.15, -0.1) is 0 Å². The summed E-state index contributed by atoms with van der Waals surface area (Å²) in [6.45, 7) is 4.76. The second-order valence-corrected chi connectivity index (χ2v) is 6.21. The molecule has 2 amide bonds. The Morgan fingerprint density at radius 3 is 2.79 bits per heavy atom. The van der Waals surface area contributed by atoms with Gasteiger partial charge in [0.25, 0.3) is 0 Å². The first-order valence-corrected chi connectivity index (χ1v) is 8.45. The Morgan fingerprint density at radius 1 is 1.29 bits per heavy atom. The summed E-state index contributed by atoms with van der Waals surface area (Å²) in [6.07, 6.45) is 10.8. The fourth-order valence-corrected chi connectivity index (χ4v) is 2.92. The van der Waals surface area contributed by atoms with E-state index in [9.17, 15) is 4.79 Å². The Balaban J connectivity index is 1.48. The van der Waals surface area contributed by atoms with Crippen molar-refractivity contribution in [1.82, 2.24) is 19.9 Å². The zero-order valence-electron chi connectivity index (χ0n) is 14.0. The van der Waals surface area contributed by atoms with E-state index in [1.807, 2.05) is 29.8 Å². The van der Waals surface area contributed by atoms with E-state index < -0.39 is 0 Å². The minimum atomic E-state index is -0.227. The molecule has 0 saturated carbocycles. The van der Waals surface area contributed by atoms with E-state index in [4.69, 9.17) is 0 Å². The van der Waals surface area contributed by atoms with Crippen LogP contribution in [0.3, 0.4) is 0 Å². The minimum absolute atomic E-state index is 0.000202. The number of urea groups is 1. The van der Waals surface area contributed by atoms with Crippen LogP contribution in [0.25, 0.3) is 0 Å². The van der Waals surface area contributed by atoms with Gasteiger partial charge in [0.2, 0.25) is 0 Å². The fraction of sp³-hybridized carbons (Fsp3) is 0.471. The molecule has 24 heavy (non-hydrogen) atoms. The second kappa shape index (κ2) is 7.81. The van der Waals surface area contributed by atoms with Gasteiger partial charge in [-0.05, 0) is 38.3 Å². The van der Waals surface area contributed by atoms with E-state index in [0.29, 0.717) is 12.2 Å². The number of hydrogen-bond acceptors (Lipinski definition) is 4. The molecule has 1 saturated heterocycles. The van der Waals surface area contributed by atoms with Crippen LogP contribution in [0.5, 0.6) is 0 Å². The summed E-state index contributed by atoms with van der Waals surface area (Å²) in [7, 11) is 0. The first kappa shape index (κ1) is 16.3. The number of rotatable bonds is 5. The lowest BCUT2D eigenvalue weighted by Crippen LogP contribution is -2.38. The molecule has 2 aromatic rings. The molecule has 0 aliphatic carbocycles. The highest BCUT2D eigenvalue weighted by Gasteiger charge is 2.12. The van der Waals surface area contributed by atoms with Crippen molar-refractivity contribution in [2.45, 2.75) is 38.8 Å². The van der Waals surface area contributed by atoms with Crippen molar-refractivity contribution in [3.63, 3.8) is 0 Å². The summed E-state index contributed by atoms with van der Waals surface area (Å²) in [4.78, 5) is 22.8. The Bertz CT molecular complexity index is 634. The molecule has 1 atom stereocenters. The number of hydrogen-bond donors (Lipinski definition) is 2. The Kier molecular flexibility index (Phi) is 5.30. The van der Waals surface area contributed by atoms with Gasteiger partial charge in [-0.1, -0.05) is 0 Å². The van der Waals surface area contributed by atoms with Crippen LogP contribution in [0.15, 0.2) is 37.1 Å². The lowest BCUT2D eigenvalue weighted by atomic mass is 10.1. The number of imidazole rings is 1. The number of anilines is 2. The van der Waals surface area contributed by atoms with Gasteiger partial charge in [0.15, 0.2) is 0 Å². The number of pyridine rings is 1. The molecule has 1 aliphatic heterocycles. The molecule has 1 fully saturated rings. The van der Waals surface area contributed by atoms with E-state index in [-0.39, 0.29) is 12.1 Å². The van der Waals surface area contributed by atoms with Crippen LogP contribution in [0.4, 0.5) is 16.3 Å². The average molecular weight is 328 g/mol. The van der Waals surface area contributed by atoms with Gasteiger partial charge < -0.3 is 20.1 Å². The quantitative estimate of drug-likeness (QED) is 0.884. The highest BCUT2D eigenvalue weighted by molar-refractivity contribution is 5.89. The van der Waals surface area contributed by atoms with Crippen LogP contribution >= 0.6 is 0 Å². The SMILES string of the molecule is CC(Cn1ccnc1)NC(=O)Nc1ccc(N2CCCCC2)nc1. The van der Waals surface area contributed by atoms with Crippen molar-refractivity contribution in [3.8, 4) is 0 Å². The average Bonchev–Trinajstić information content (AvgIpc) is 3.09. The van der Waals surface area contributed by atoms with Crippen molar-refractivity contribution < 1.29 is 4.79 Å². The molecule has 1 unspecified atom stereocenters. The zero-order valence-corrected chi connectivity index (χ0v) is 14.0. The summed E-state index contributed by atoms with van der Waals surface area (Å²) in [5.41, 5.74) is 0.697. The normalized spacial score (nSPS) is 15.8. The molecule has 0 aromatic carbocycles. The number of piperidine rings is 1. The van der Waals surface area contributed by atoms with Crippen molar-refractivity contribution in [3.05, 3.63) is 37.1 Å². The second-order valence-electron chi connectivity index (χ2n) is 6.21. The van der Waals surface area contributed by atoms with Crippen LogP contribution in [0.2, 0.25) is 0 Å². The van der Waals surface area contributed by atoms with Gasteiger partial charge in [-0.3, -0.25) is 0 Å². The van der Waals surface area contributed by atoms with E-state index >= 15 is 0 Å². The number of aromatic nitrogens is 3. The third kappa shape index (κ3) is 4.47. The molecule has 128 valence electrons. The molecule has 0 bridgehead atoms. The summed E-state index contributed by atoms with van der Waals surface area (Å²) in [5, 5.41) is 5.73. The zero-order chi connectivity index (χ0) is 16.8. The topological polar surface area (TPSA) is 75.1 Å². The molecule has 0 spiro atoms. The number of carbonyl (C=O) groups is 1. The van der Waals surface area contributed by atoms with Gasteiger partial charge in [0, 0.05) is 38.1 Å². The van der Waals surface area contributed by atoms with Gasteiger partial charge in [-0.2, -0.15) is 0 Å². The summed E-state index contributed by atoms with van der Waals surface area (Å²) >= 11 is 0. The highest BCUT2D eigenvalue weighted by atomic mass is 16.2. The molecule has 7 heteroatoms. The fourth-order valence-electron chi connectivity index (χ4n) is 2.92. The maximum atomic E-state index is 12.1. The molecule has 3 heterocycles. The molecule has 1 aliphatic rings. The number of amides is 2. The largest absolute Gasteiger partial charge is 0.357 e. The Labute approximate surface area is 142 Å². The summed E-state index contributed by atoms with van der Waals surface area (Å²) < 4.78 is 1.93. The molecular formula is C17H24N6O. The summed E-state index contributed by atoms with van der Waals surface area (Å²) in [5.74, 6) is 0.981. The van der Waals surface area contributed by atoms with Crippen LogP contribution in [-0.4, -0.2) is 39.7 Å². The number of carbonyl (C=O) groups excluding carboxylic acids is 1. The maximum absolute atomic E-state index is 12.1. The highest BCUT2D eigenvalue weighted by Crippen LogP contribution is 2.18. The molecule has 2 N–H and O–H groups in total. The predicted octanol–water partition coefficient (Wildman–Crippen LogP) is 2.48. The van der Waals surface area contributed by atoms with Crippen molar-refractivity contribution in [1.29, 1.82) is 0 Å². The molecule has 2 aromatic heterocycles. The first-order valence-electron chi connectivity index (χ1n) is 8.45. The number of nitrogens with one attached hydrogen (secondary N) is 2. The van der Waals surface area contributed by atoms with Crippen molar-refractivity contribution in [2.75, 3.05) is 23.3 Å². The van der Waals surface area contributed by atoms with E-state index in [2.05, 4.69) is 25.5 Å². The van der Waals surface area contributed by atoms with E-state index in [1.54, 1.807) is 18.7 Å². The van der Waals surface area contributed by atoms with Crippen molar-refractivity contribution in [2.24, 2.45) is 0 Å². The van der Waals surface area contributed by atoms with Crippen LogP contribution in [0.1, 0.15) is 26.2 Å². The first-order chi connectivity index (χ1) is 11.7. The smallest absolute Gasteiger partial charge is 0.319 e. The van der Waals surface area contributed by atoms with E-state index in [1.165, 1.54) is 19.3 Å². The molecule has 7 nitrogen and oxygen atoms in total. The predicted molar refractivity (Wildman–Crippen MR) is 94.1 cm³/mol. The van der Waals surface area contributed by atoms with Crippen LogP contribution in [-0.2, 0) is 6.54 Å². The third-order valence-corrected chi connectivity index (χ3v) is 4.11. The number of nitrogens with zero attached hydrogens (tertiary/aromatic N) is 4. The lowest BCUT2D eigenvalue weighted by molar-refractivity contribution is 0.248.